The lowest BCUT2D eigenvalue weighted by Gasteiger charge is -2.32. The summed E-state index contributed by atoms with van der Waals surface area (Å²) in [6, 6.07) is 1.75. The van der Waals surface area contributed by atoms with Crippen LogP contribution < -0.4 is 5.73 Å². The molecule has 14 heavy (non-hydrogen) atoms. The van der Waals surface area contributed by atoms with Crippen LogP contribution in [0.1, 0.15) is 32.0 Å². The standard InChI is InChI=1S/C10H19N3O/c1-5-10(2,14-4)9(11)8-6-7-13(3)12-8/h6-7,9H,5,11H2,1-4H3. The highest BCUT2D eigenvalue weighted by atomic mass is 16.5. The van der Waals surface area contributed by atoms with Crippen molar-refractivity contribution < 1.29 is 4.74 Å². The van der Waals surface area contributed by atoms with Gasteiger partial charge in [-0.25, -0.2) is 0 Å². The SMILES string of the molecule is CCC(C)(OC)C(N)c1ccn(C)n1. The third-order valence-corrected chi connectivity index (χ3v) is 2.88. The lowest BCUT2D eigenvalue weighted by Crippen LogP contribution is -2.39. The summed E-state index contributed by atoms with van der Waals surface area (Å²) in [7, 11) is 3.57. The van der Waals surface area contributed by atoms with Crippen molar-refractivity contribution in [3.63, 3.8) is 0 Å². The van der Waals surface area contributed by atoms with Crippen LogP contribution >= 0.6 is 0 Å². The van der Waals surface area contributed by atoms with Gasteiger partial charge in [-0.05, 0) is 19.4 Å². The molecule has 1 rings (SSSR count). The molecule has 2 unspecified atom stereocenters. The largest absolute Gasteiger partial charge is 0.376 e. The van der Waals surface area contributed by atoms with Gasteiger partial charge in [0.1, 0.15) is 0 Å². The number of rotatable bonds is 4. The van der Waals surface area contributed by atoms with Crippen LogP contribution in [0.3, 0.4) is 0 Å². The van der Waals surface area contributed by atoms with E-state index in [1.54, 1.807) is 11.8 Å². The second-order valence-electron chi connectivity index (χ2n) is 3.76. The maximum absolute atomic E-state index is 6.11. The van der Waals surface area contributed by atoms with Crippen molar-refractivity contribution in [2.75, 3.05) is 7.11 Å². The van der Waals surface area contributed by atoms with Gasteiger partial charge in [-0.2, -0.15) is 5.10 Å². The smallest absolute Gasteiger partial charge is 0.0855 e. The average molecular weight is 197 g/mol. The normalized spacial score (nSPS) is 17.8. The molecule has 1 aromatic heterocycles. The molecule has 0 aliphatic carbocycles. The van der Waals surface area contributed by atoms with Gasteiger partial charge >= 0.3 is 0 Å². The van der Waals surface area contributed by atoms with Crippen LogP contribution in [-0.4, -0.2) is 22.5 Å². The highest BCUT2D eigenvalue weighted by Gasteiger charge is 2.32. The van der Waals surface area contributed by atoms with Crippen LogP contribution in [0.25, 0.3) is 0 Å². The molecule has 2 atom stereocenters. The van der Waals surface area contributed by atoms with Crippen LogP contribution in [0.2, 0.25) is 0 Å². The first-order valence-electron chi connectivity index (χ1n) is 4.83. The van der Waals surface area contributed by atoms with Gasteiger partial charge < -0.3 is 10.5 Å². The molecular formula is C10H19N3O. The maximum atomic E-state index is 6.11. The Balaban J connectivity index is 2.88. The van der Waals surface area contributed by atoms with Gasteiger partial charge in [0.05, 0.1) is 17.3 Å². The number of nitrogens with zero attached hydrogens (tertiary/aromatic N) is 2. The first-order chi connectivity index (χ1) is 6.53. The summed E-state index contributed by atoms with van der Waals surface area (Å²) in [6.07, 6.45) is 2.75. The summed E-state index contributed by atoms with van der Waals surface area (Å²) in [6.45, 7) is 4.07. The second kappa shape index (κ2) is 4.11. The zero-order chi connectivity index (χ0) is 10.8. The highest BCUT2D eigenvalue weighted by molar-refractivity contribution is 5.10. The van der Waals surface area contributed by atoms with E-state index < -0.39 is 0 Å². The maximum Gasteiger partial charge on any atom is 0.0855 e. The van der Waals surface area contributed by atoms with Crippen LogP contribution in [0.4, 0.5) is 0 Å². The molecule has 0 saturated carbocycles. The number of nitrogens with two attached hydrogens (primary N) is 1. The Morgan fingerprint density at radius 1 is 1.71 bits per heavy atom. The quantitative estimate of drug-likeness (QED) is 0.790. The van der Waals surface area contributed by atoms with E-state index in [1.807, 2.05) is 26.2 Å². The fourth-order valence-corrected chi connectivity index (χ4v) is 1.40. The first kappa shape index (κ1) is 11.2. The molecule has 0 aliphatic heterocycles. The van der Waals surface area contributed by atoms with Crippen LogP contribution in [0, 0.1) is 0 Å². The summed E-state index contributed by atoms with van der Waals surface area (Å²) < 4.78 is 7.19. The molecule has 0 spiro atoms. The van der Waals surface area contributed by atoms with E-state index in [0.717, 1.165) is 12.1 Å². The number of aromatic nitrogens is 2. The number of aryl methyl sites for hydroxylation is 1. The Kier molecular flexibility index (Phi) is 3.29. The molecule has 1 aromatic rings. The molecule has 0 amide bonds. The van der Waals surface area contributed by atoms with E-state index in [-0.39, 0.29) is 11.6 Å². The van der Waals surface area contributed by atoms with E-state index >= 15 is 0 Å². The fraction of sp³-hybridized carbons (Fsp3) is 0.700. The van der Waals surface area contributed by atoms with Gasteiger partial charge in [0.15, 0.2) is 0 Å². The number of ether oxygens (including phenoxy) is 1. The summed E-state index contributed by atoms with van der Waals surface area (Å²) in [5.41, 5.74) is 6.64. The topological polar surface area (TPSA) is 53.1 Å². The Bertz CT molecular complexity index is 291. The Hall–Kier alpha value is -0.870. The summed E-state index contributed by atoms with van der Waals surface area (Å²) in [5.74, 6) is 0. The van der Waals surface area contributed by atoms with Gasteiger partial charge in [0, 0.05) is 20.4 Å². The third-order valence-electron chi connectivity index (χ3n) is 2.88. The molecule has 2 N–H and O–H groups in total. The number of hydrogen-bond acceptors (Lipinski definition) is 3. The molecule has 80 valence electrons. The lowest BCUT2D eigenvalue weighted by molar-refractivity contribution is -0.0205. The first-order valence-corrected chi connectivity index (χ1v) is 4.83. The predicted octanol–water partition coefficient (Wildman–Crippen LogP) is 1.24. The van der Waals surface area contributed by atoms with E-state index in [1.165, 1.54) is 0 Å². The van der Waals surface area contributed by atoms with Crippen molar-refractivity contribution in [2.45, 2.75) is 31.9 Å². The minimum Gasteiger partial charge on any atom is -0.376 e. The Morgan fingerprint density at radius 3 is 2.71 bits per heavy atom. The Labute approximate surface area is 85.0 Å². The summed E-state index contributed by atoms with van der Waals surface area (Å²) in [5, 5.41) is 4.28. The second-order valence-corrected chi connectivity index (χ2v) is 3.76. The summed E-state index contributed by atoms with van der Waals surface area (Å²) in [4.78, 5) is 0. The number of hydrogen-bond donors (Lipinski definition) is 1. The van der Waals surface area contributed by atoms with Crippen molar-refractivity contribution in [1.82, 2.24) is 9.78 Å². The molecule has 0 aromatic carbocycles. The van der Waals surface area contributed by atoms with Crippen molar-refractivity contribution in [3.8, 4) is 0 Å². The minimum atomic E-state index is -0.339. The van der Waals surface area contributed by atoms with Gasteiger partial charge in [-0.15, -0.1) is 0 Å². The highest BCUT2D eigenvalue weighted by Crippen LogP contribution is 2.28. The molecule has 0 saturated heterocycles. The van der Waals surface area contributed by atoms with Crippen molar-refractivity contribution >= 4 is 0 Å². The monoisotopic (exact) mass is 197 g/mol. The van der Waals surface area contributed by atoms with Gasteiger partial charge in [-0.3, -0.25) is 4.68 Å². The van der Waals surface area contributed by atoms with E-state index in [0.29, 0.717) is 0 Å². The van der Waals surface area contributed by atoms with Crippen LogP contribution in [0.15, 0.2) is 12.3 Å². The fourth-order valence-electron chi connectivity index (χ4n) is 1.40. The summed E-state index contributed by atoms with van der Waals surface area (Å²) >= 11 is 0. The van der Waals surface area contributed by atoms with Crippen molar-refractivity contribution in [2.24, 2.45) is 12.8 Å². The van der Waals surface area contributed by atoms with Crippen LogP contribution in [-0.2, 0) is 11.8 Å². The van der Waals surface area contributed by atoms with Gasteiger partial charge in [0.25, 0.3) is 0 Å². The van der Waals surface area contributed by atoms with Gasteiger partial charge in [0.2, 0.25) is 0 Å². The van der Waals surface area contributed by atoms with E-state index in [2.05, 4.69) is 12.0 Å². The zero-order valence-corrected chi connectivity index (χ0v) is 9.32. The Morgan fingerprint density at radius 2 is 2.36 bits per heavy atom. The predicted molar refractivity (Wildman–Crippen MR) is 55.8 cm³/mol. The third kappa shape index (κ3) is 1.96. The molecule has 1 heterocycles. The zero-order valence-electron chi connectivity index (χ0n) is 9.32. The van der Waals surface area contributed by atoms with E-state index in [9.17, 15) is 0 Å². The van der Waals surface area contributed by atoms with Crippen molar-refractivity contribution in [3.05, 3.63) is 18.0 Å². The lowest BCUT2D eigenvalue weighted by atomic mass is 9.91. The minimum absolute atomic E-state index is 0.182. The van der Waals surface area contributed by atoms with E-state index in [4.69, 9.17) is 10.5 Å². The average Bonchev–Trinajstić information content (AvgIpc) is 2.62. The molecule has 4 heteroatoms. The molecular weight excluding hydrogens is 178 g/mol. The van der Waals surface area contributed by atoms with Crippen LogP contribution in [0.5, 0.6) is 0 Å². The molecule has 0 fully saturated rings. The molecule has 0 radical (unpaired) electrons. The molecule has 4 nitrogen and oxygen atoms in total. The molecule has 0 bridgehead atoms. The van der Waals surface area contributed by atoms with Crippen molar-refractivity contribution in [1.29, 1.82) is 0 Å². The number of methoxy groups -OCH3 is 1. The molecule has 0 aliphatic rings. The van der Waals surface area contributed by atoms with Gasteiger partial charge in [-0.1, -0.05) is 6.92 Å².